The molecule has 1 fully saturated rings. The molecule has 122 valence electrons. The summed E-state index contributed by atoms with van der Waals surface area (Å²) in [6.45, 7) is 1.66. The Hall–Kier alpha value is -2.25. The molecule has 6 nitrogen and oxygen atoms in total. The number of halogens is 1. The molecule has 3 aromatic rings. The summed E-state index contributed by atoms with van der Waals surface area (Å²) in [7, 11) is 0. The average molecular weight is 387 g/mol. The molecule has 2 aromatic heterocycles. The second kappa shape index (κ2) is 6.33. The van der Waals surface area contributed by atoms with Gasteiger partial charge in [-0.3, -0.25) is 9.20 Å². The van der Waals surface area contributed by atoms with Crippen LogP contribution in [0.5, 0.6) is 0 Å². The third-order valence-electron chi connectivity index (χ3n) is 4.13. The van der Waals surface area contributed by atoms with Gasteiger partial charge in [-0.15, -0.1) is 10.2 Å². The Morgan fingerprint density at radius 3 is 2.88 bits per heavy atom. The number of pyridine rings is 1. The Balaban J connectivity index is 1.54. The molecule has 0 radical (unpaired) electrons. The van der Waals surface area contributed by atoms with E-state index in [0.717, 1.165) is 15.7 Å². The second-order valence-corrected chi connectivity index (χ2v) is 6.59. The summed E-state index contributed by atoms with van der Waals surface area (Å²) < 4.78 is 8.62. The van der Waals surface area contributed by atoms with Gasteiger partial charge in [0.2, 0.25) is 0 Å². The van der Waals surface area contributed by atoms with E-state index in [2.05, 4.69) is 26.1 Å². The van der Waals surface area contributed by atoms with Gasteiger partial charge in [-0.25, -0.2) is 0 Å². The minimum Gasteiger partial charge on any atom is -0.370 e. The molecule has 1 unspecified atom stereocenters. The summed E-state index contributed by atoms with van der Waals surface area (Å²) in [5, 5.41) is 7.79. The van der Waals surface area contributed by atoms with Gasteiger partial charge in [0.15, 0.2) is 5.65 Å². The molecule has 24 heavy (non-hydrogen) atoms. The van der Waals surface area contributed by atoms with Gasteiger partial charge in [0.05, 0.1) is 18.7 Å². The van der Waals surface area contributed by atoms with Crippen molar-refractivity contribution in [2.24, 2.45) is 0 Å². The fourth-order valence-electron chi connectivity index (χ4n) is 2.85. The Morgan fingerprint density at radius 1 is 1.21 bits per heavy atom. The number of benzene rings is 1. The van der Waals surface area contributed by atoms with Gasteiger partial charge in [0.25, 0.3) is 5.91 Å². The largest absolute Gasteiger partial charge is 0.370 e. The zero-order valence-corrected chi connectivity index (χ0v) is 14.4. The molecular formula is C17H15BrN4O2. The highest BCUT2D eigenvalue weighted by atomic mass is 79.9. The second-order valence-electron chi connectivity index (χ2n) is 5.68. The predicted octanol–water partition coefficient (Wildman–Crippen LogP) is 2.71. The maximum absolute atomic E-state index is 12.8. The molecule has 0 saturated carbocycles. The minimum absolute atomic E-state index is 0.00369. The Labute approximate surface area is 147 Å². The van der Waals surface area contributed by atoms with Crippen LogP contribution in [0.25, 0.3) is 5.65 Å². The summed E-state index contributed by atoms with van der Waals surface area (Å²) in [5.41, 5.74) is 2.42. The van der Waals surface area contributed by atoms with E-state index >= 15 is 0 Å². The van der Waals surface area contributed by atoms with Crippen molar-refractivity contribution in [2.45, 2.75) is 6.10 Å². The monoisotopic (exact) mass is 386 g/mol. The zero-order valence-electron chi connectivity index (χ0n) is 12.8. The molecule has 1 aromatic carbocycles. The first kappa shape index (κ1) is 15.3. The molecule has 0 aliphatic carbocycles. The fraction of sp³-hybridized carbons (Fsp3) is 0.235. The lowest BCUT2D eigenvalue weighted by Gasteiger charge is -2.33. The summed E-state index contributed by atoms with van der Waals surface area (Å²) in [6.07, 6.45) is 3.26. The zero-order chi connectivity index (χ0) is 16.5. The number of hydrogen-bond donors (Lipinski definition) is 0. The Bertz CT molecular complexity index is 878. The molecule has 1 saturated heterocycles. The Morgan fingerprint density at radius 2 is 2.04 bits per heavy atom. The first-order chi connectivity index (χ1) is 11.7. The molecule has 1 aliphatic heterocycles. The highest BCUT2D eigenvalue weighted by Crippen LogP contribution is 2.24. The maximum atomic E-state index is 12.8. The van der Waals surface area contributed by atoms with E-state index in [0.29, 0.717) is 25.3 Å². The Kier molecular flexibility index (Phi) is 4.03. The van der Waals surface area contributed by atoms with Gasteiger partial charge in [-0.2, -0.15) is 0 Å². The van der Waals surface area contributed by atoms with Crippen LogP contribution in [0.15, 0.2) is 53.4 Å². The lowest BCUT2D eigenvalue weighted by molar-refractivity contribution is -0.0228. The van der Waals surface area contributed by atoms with Crippen molar-refractivity contribution in [3.8, 4) is 0 Å². The van der Waals surface area contributed by atoms with Crippen LogP contribution in [0.3, 0.4) is 0 Å². The minimum atomic E-state index is -0.102. The van der Waals surface area contributed by atoms with E-state index in [1.165, 1.54) is 0 Å². The smallest absolute Gasteiger partial charge is 0.255 e. The van der Waals surface area contributed by atoms with Gasteiger partial charge in [0.1, 0.15) is 12.4 Å². The number of morpholine rings is 1. The van der Waals surface area contributed by atoms with Crippen LogP contribution in [-0.4, -0.2) is 45.1 Å². The van der Waals surface area contributed by atoms with Crippen LogP contribution in [0.2, 0.25) is 0 Å². The van der Waals surface area contributed by atoms with Crippen molar-refractivity contribution in [2.75, 3.05) is 19.7 Å². The number of ether oxygens (including phenoxy) is 1. The molecule has 4 rings (SSSR count). The number of aromatic nitrogens is 3. The van der Waals surface area contributed by atoms with Crippen molar-refractivity contribution < 1.29 is 9.53 Å². The third-order valence-corrected chi connectivity index (χ3v) is 4.66. The van der Waals surface area contributed by atoms with Crippen LogP contribution >= 0.6 is 15.9 Å². The summed E-state index contributed by atoms with van der Waals surface area (Å²) in [4.78, 5) is 14.6. The van der Waals surface area contributed by atoms with Crippen molar-refractivity contribution in [1.82, 2.24) is 19.5 Å². The van der Waals surface area contributed by atoms with E-state index in [9.17, 15) is 4.79 Å². The number of nitrogens with zero attached hydrogens (tertiary/aromatic N) is 4. The summed E-state index contributed by atoms with van der Waals surface area (Å²) in [5.74, 6) is -0.00369. The van der Waals surface area contributed by atoms with E-state index in [1.807, 2.05) is 29.2 Å². The lowest BCUT2D eigenvalue weighted by Crippen LogP contribution is -2.42. The first-order valence-corrected chi connectivity index (χ1v) is 8.46. The summed E-state index contributed by atoms with van der Waals surface area (Å²) >= 11 is 3.43. The van der Waals surface area contributed by atoms with E-state index in [1.54, 1.807) is 29.1 Å². The molecular weight excluding hydrogens is 372 g/mol. The van der Waals surface area contributed by atoms with Gasteiger partial charge in [0, 0.05) is 17.2 Å². The van der Waals surface area contributed by atoms with E-state index in [4.69, 9.17) is 4.74 Å². The highest BCUT2D eigenvalue weighted by Gasteiger charge is 2.26. The number of fused-ring (bicyclic) bond motifs is 1. The van der Waals surface area contributed by atoms with Crippen molar-refractivity contribution in [1.29, 1.82) is 0 Å². The molecule has 1 amide bonds. The maximum Gasteiger partial charge on any atom is 0.255 e. The van der Waals surface area contributed by atoms with Gasteiger partial charge >= 0.3 is 0 Å². The molecule has 0 N–H and O–H groups in total. The standard InChI is InChI=1S/C17H15BrN4O2/c18-14-4-1-12(2-5-14)15-10-21(7-8-24-15)17(23)13-3-6-16-20-19-11-22(16)9-13/h1-6,9,11,15H,7-8,10H2. The quantitative estimate of drug-likeness (QED) is 0.679. The number of hydrogen-bond acceptors (Lipinski definition) is 4. The molecule has 7 heteroatoms. The van der Waals surface area contributed by atoms with Crippen molar-refractivity contribution >= 4 is 27.5 Å². The van der Waals surface area contributed by atoms with Crippen LogP contribution in [-0.2, 0) is 4.74 Å². The normalized spacial score (nSPS) is 18.0. The topological polar surface area (TPSA) is 59.7 Å². The van der Waals surface area contributed by atoms with Crippen LogP contribution in [0.4, 0.5) is 0 Å². The highest BCUT2D eigenvalue weighted by molar-refractivity contribution is 9.10. The third kappa shape index (κ3) is 2.92. The van der Waals surface area contributed by atoms with E-state index in [-0.39, 0.29) is 12.0 Å². The van der Waals surface area contributed by atoms with Crippen LogP contribution in [0.1, 0.15) is 22.0 Å². The molecule has 0 bridgehead atoms. The van der Waals surface area contributed by atoms with Gasteiger partial charge < -0.3 is 9.64 Å². The lowest BCUT2D eigenvalue weighted by atomic mass is 10.1. The van der Waals surface area contributed by atoms with Crippen molar-refractivity contribution in [3.63, 3.8) is 0 Å². The van der Waals surface area contributed by atoms with Crippen LogP contribution in [0, 0.1) is 0 Å². The van der Waals surface area contributed by atoms with E-state index < -0.39 is 0 Å². The number of carbonyl (C=O) groups is 1. The van der Waals surface area contributed by atoms with Gasteiger partial charge in [-0.05, 0) is 29.8 Å². The first-order valence-electron chi connectivity index (χ1n) is 7.66. The average Bonchev–Trinajstić information content (AvgIpc) is 3.09. The number of rotatable bonds is 2. The molecule has 1 aliphatic rings. The SMILES string of the molecule is O=C(c1ccc2nncn2c1)N1CCOC(c2ccc(Br)cc2)C1. The van der Waals surface area contributed by atoms with Crippen molar-refractivity contribution in [3.05, 3.63) is 64.5 Å². The van der Waals surface area contributed by atoms with Gasteiger partial charge in [-0.1, -0.05) is 28.1 Å². The summed E-state index contributed by atoms with van der Waals surface area (Å²) in [6, 6.07) is 11.6. The fourth-order valence-corrected chi connectivity index (χ4v) is 3.11. The number of amides is 1. The molecule has 3 heterocycles. The number of carbonyl (C=O) groups excluding carboxylic acids is 1. The molecule has 1 atom stereocenters. The van der Waals surface area contributed by atoms with Crippen LogP contribution < -0.4 is 0 Å². The molecule has 0 spiro atoms. The predicted molar refractivity (Wildman–Crippen MR) is 91.7 cm³/mol.